The molecule has 23 heavy (non-hydrogen) atoms. The topological polar surface area (TPSA) is 30.3 Å². The van der Waals surface area contributed by atoms with Gasteiger partial charge in [-0.3, -0.25) is 0 Å². The molecule has 1 fully saturated rings. The number of benzene rings is 2. The summed E-state index contributed by atoms with van der Waals surface area (Å²) in [5, 5.41) is 2.51. The number of hydrogen-bond acceptors (Lipinski definition) is 1. The van der Waals surface area contributed by atoms with E-state index in [4.69, 9.17) is 4.74 Å². The number of methoxy groups -OCH3 is 1. The van der Waals surface area contributed by atoms with Crippen molar-refractivity contribution in [2.45, 2.75) is 32.0 Å². The third-order valence-electron chi connectivity index (χ3n) is 4.88. The maximum absolute atomic E-state index is 5.21. The Kier molecular flexibility index (Phi) is 5.67. The van der Waals surface area contributed by atoms with Crippen LogP contribution in [0, 0.1) is 0 Å². The highest BCUT2D eigenvalue weighted by molar-refractivity contribution is 5.26. The molecule has 0 unspecified atom stereocenters. The van der Waals surface area contributed by atoms with E-state index >= 15 is 0 Å². The molecule has 0 bridgehead atoms. The van der Waals surface area contributed by atoms with Gasteiger partial charge < -0.3 is 15.0 Å². The van der Waals surface area contributed by atoms with E-state index in [1.165, 1.54) is 43.6 Å². The first-order chi connectivity index (χ1) is 11.3. The maximum Gasteiger partial charge on any atom is 0.118 e. The van der Waals surface area contributed by atoms with E-state index in [0.717, 1.165) is 18.3 Å². The van der Waals surface area contributed by atoms with Gasteiger partial charge in [0, 0.05) is 24.0 Å². The van der Waals surface area contributed by atoms with E-state index in [1.807, 2.05) is 0 Å². The number of likely N-dealkylation sites (tertiary alicyclic amines) is 1. The van der Waals surface area contributed by atoms with Crippen molar-refractivity contribution in [2.24, 2.45) is 0 Å². The van der Waals surface area contributed by atoms with Gasteiger partial charge in [0.1, 0.15) is 18.8 Å². The van der Waals surface area contributed by atoms with Crippen molar-refractivity contribution in [2.75, 3.05) is 20.2 Å². The maximum atomic E-state index is 5.21. The van der Waals surface area contributed by atoms with Gasteiger partial charge in [-0.25, -0.2) is 0 Å². The second kappa shape index (κ2) is 8.14. The van der Waals surface area contributed by atoms with Crippen molar-refractivity contribution in [3.05, 3.63) is 65.7 Å². The first-order valence-electron chi connectivity index (χ1n) is 8.67. The van der Waals surface area contributed by atoms with Crippen molar-refractivity contribution < 1.29 is 15.0 Å². The summed E-state index contributed by atoms with van der Waals surface area (Å²) in [5.74, 6) is 0.937. The second-order valence-corrected chi connectivity index (χ2v) is 6.54. The molecule has 122 valence electrons. The van der Waals surface area contributed by atoms with Gasteiger partial charge in [0.05, 0.1) is 26.2 Å². The van der Waals surface area contributed by atoms with Crippen LogP contribution < -0.4 is 15.0 Å². The number of ether oxygens (including phenoxy) is 1. The normalized spacial score (nSPS) is 21.1. The number of nitrogens with two attached hydrogens (primary N) is 1. The lowest BCUT2D eigenvalue weighted by Gasteiger charge is -2.28. The molecule has 2 aromatic carbocycles. The summed E-state index contributed by atoms with van der Waals surface area (Å²) in [6.07, 6.45) is 2.64. The molecular formula is C20H28N2O+2. The lowest BCUT2D eigenvalue weighted by atomic mass is 10.0. The van der Waals surface area contributed by atoms with Crippen LogP contribution in [0.25, 0.3) is 0 Å². The van der Waals surface area contributed by atoms with Crippen molar-refractivity contribution in [1.82, 2.24) is 0 Å². The molecule has 0 radical (unpaired) electrons. The van der Waals surface area contributed by atoms with Gasteiger partial charge in [-0.05, 0) is 24.3 Å². The predicted molar refractivity (Wildman–Crippen MR) is 92.5 cm³/mol. The van der Waals surface area contributed by atoms with Gasteiger partial charge in [0.25, 0.3) is 0 Å². The number of nitrogens with one attached hydrogen (secondary N) is 1. The molecule has 3 N–H and O–H groups in total. The van der Waals surface area contributed by atoms with Crippen molar-refractivity contribution in [3.63, 3.8) is 0 Å². The molecule has 3 nitrogen and oxygen atoms in total. The minimum atomic E-state index is 0.775. The van der Waals surface area contributed by atoms with Crippen LogP contribution in [0.3, 0.4) is 0 Å². The van der Waals surface area contributed by atoms with E-state index < -0.39 is 0 Å². The zero-order valence-corrected chi connectivity index (χ0v) is 14.0. The van der Waals surface area contributed by atoms with Crippen molar-refractivity contribution in [1.29, 1.82) is 0 Å². The molecule has 0 aliphatic carbocycles. The summed E-state index contributed by atoms with van der Waals surface area (Å²) in [6.45, 7) is 4.83. The van der Waals surface area contributed by atoms with Crippen LogP contribution in [0.1, 0.15) is 24.0 Å². The van der Waals surface area contributed by atoms with Crippen LogP contribution in [0.5, 0.6) is 5.75 Å². The molecule has 0 aromatic heterocycles. The van der Waals surface area contributed by atoms with E-state index in [9.17, 15) is 0 Å². The van der Waals surface area contributed by atoms with Crippen LogP contribution in [0.2, 0.25) is 0 Å². The van der Waals surface area contributed by atoms with Crippen LogP contribution in [0.4, 0.5) is 0 Å². The third kappa shape index (κ3) is 4.81. The highest BCUT2D eigenvalue weighted by Crippen LogP contribution is 2.10. The zero-order chi connectivity index (χ0) is 15.9. The number of quaternary nitrogens is 2. The first-order valence-corrected chi connectivity index (χ1v) is 8.67. The minimum absolute atomic E-state index is 0.775. The van der Waals surface area contributed by atoms with Crippen LogP contribution in [-0.2, 0) is 13.1 Å². The second-order valence-electron chi connectivity index (χ2n) is 6.54. The fourth-order valence-electron chi connectivity index (χ4n) is 3.41. The number of rotatable bonds is 6. The number of hydrogen-bond donors (Lipinski definition) is 2. The third-order valence-corrected chi connectivity index (χ3v) is 4.88. The molecule has 2 aromatic rings. The highest BCUT2D eigenvalue weighted by Gasteiger charge is 2.24. The van der Waals surface area contributed by atoms with Crippen molar-refractivity contribution >= 4 is 0 Å². The summed E-state index contributed by atoms with van der Waals surface area (Å²) < 4.78 is 5.21. The van der Waals surface area contributed by atoms with Gasteiger partial charge in [-0.15, -0.1) is 0 Å². The Bertz CT molecular complexity index is 574. The average molecular weight is 312 g/mol. The minimum Gasteiger partial charge on any atom is -0.497 e. The summed E-state index contributed by atoms with van der Waals surface area (Å²) in [6, 6.07) is 20.1. The Morgan fingerprint density at radius 2 is 1.65 bits per heavy atom. The predicted octanol–water partition coefficient (Wildman–Crippen LogP) is 1.01. The van der Waals surface area contributed by atoms with Crippen LogP contribution in [0.15, 0.2) is 54.6 Å². The lowest BCUT2D eigenvalue weighted by molar-refractivity contribution is -0.926. The van der Waals surface area contributed by atoms with E-state index in [0.29, 0.717) is 0 Å². The van der Waals surface area contributed by atoms with Gasteiger partial charge >= 0.3 is 0 Å². The van der Waals surface area contributed by atoms with E-state index in [2.05, 4.69) is 59.9 Å². The monoisotopic (exact) mass is 312 g/mol. The van der Waals surface area contributed by atoms with Gasteiger partial charge in [-0.2, -0.15) is 0 Å². The Balaban J connectivity index is 1.40. The van der Waals surface area contributed by atoms with E-state index in [-0.39, 0.29) is 0 Å². The SMILES string of the molecule is COc1ccc(C[NH2+]C2CC[NH+](Cc3ccccc3)CC2)cc1. The lowest BCUT2D eigenvalue weighted by Crippen LogP contribution is -3.13. The summed E-state index contributed by atoms with van der Waals surface area (Å²) in [7, 11) is 1.71. The zero-order valence-electron chi connectivity index (χ0n) is 14.0. The summed E-state index contributed by atoms with van der Waals surface area (Å²) in [5.41, 5.74) is 2.84. The quantitative estimate of drug-likeness (QED) is 0.819. The molecule has 0 amide bonds. The van der Waals surface area contributed by atoms with Crippen molar-refractivity contribution in [3.8, 4) is 5.75 Å². The molecule has 1 aliphatic rings. The highest BCUT2D eigenvalue weighted by atomic mass is 16.5. The van der Waals surface area contributed by atoms with Gasteiger partial charge in [-0.1, -0.05) is 30.3 Å². The smallest absolute Gasteiger partial charge is 0.118 e. The average Bonchev–Trinajstić information content (AvgIpc) is 2.62. The van der Waals surface area contributed by atoms with E-state index in [1.54, 1.807) is 12.0 Å². The fraction of sp³-hybridized carbons (Fsp3) is 0.400. The standard InChI is InChI=1S/C20H26N2O/c1-23-20-9-7-17(8-10-20)15-21-19-11-13-22(14-12-19)16-18-5-3-2-4-6-18/h2-10,19,21H,11-16H2,1H3/p+2. The molecule has 3 heteroatoms. The molecule has 0 saturated carbocycles. The summed E-state index contributed by atoms with van der Waals surface area (Å²) in [4.78, 5) is 1.73. The molecule has 1 saturated heterocycles. The van der Waals surface area contributed by atoms with Gasteiger partial charge in [0.2, 0.25) is 0 Å². The molecule has 1 heterocycles. The molecular weight excluding hydrogens is 284 g/mol. The Morgan fingerprint density at radius 3 is 2.30 bits per heavy atom. The number of piperidine rings is 1. The largest absolute Gasteiger partial charge is 0.497 e. The Labute approximate surface area is 139 Å². The fourth-order valence-corrected chi connectivity index (χ4v) is 3.41. The van der Waals surface area contributed by atoms with Crippen LogP contribution in [-0.4, -0.2) is 26.2 Å². The Hall–Kier alpha value is -1.84. The molecule has 3 rings (SSSR count). The molecule has 0 spiro atoms. The Morgan fingerprint density at radius 1 is 0.957 bits per heavy atom. The first kappa shape index (κ1) is 16.0. The van der Waals surface area contributed by atoms with Gasteiger partial charge in [0.15, 0.2) is 0 Å². The molecule has 1 aliphatic heterocycles. The molecule has 0 atom stereocenters. The van der Waals surface area contributed by atoms with Crippen LogP contribution >= 0.6 is 0 Å². The summed E-state index contributed by atoms with van der Waals surface area (Å²) >= 11 is 0.